The number of aliphatic imine (C=N–C) groups is 1. The van der Waals surface area contributed by atoms with Crippen molar-refractivity contribution in [1.82, 2.24) is 5.32 Å². The van der Waals surface area contributed by atoms with Crippen LogP contribution in [0.2, 0.25) is 0 Å². The first-order valence-electron chi connectivity index (χ1n) is 5.80. The van der Waals surface area contributed by atoms with Gasteiger partial charge in [0.05, 0.1) is 6.54 Å². The molecule has 0 saturated heterocycles. The number of hydrogen-bond acceptors (Lipinski definition) is 3. The molecule has 0 spiro atoms. The summed E-state index contributed by atoms with van der Waals surface area (Å²) in [6, 6.07) is 1.29. The molecule has 3 nitrogen and oxygen atoms in total. The molecule has 0 unspecified atom stereocenters. The Morgan fingerprint density at radius 2 is 2.14 bits per heavy atom. The molecule has 80 valence electrons. The van der Waals surface area contributed by atoms with E-state index < -0.39 is 0 Å². The Kier molecular flexibility index (Phi) is 3.27. The summed E-state index contributed by atoms with van der Waals surface area (Å²) in [5.41, 5.74) is 0. The molecule has 2 aliphatic rings. The SMILES string of the molecule is C[C@@H](NC1=NCCO1)C1CCCCC1. The first-order valence-corrected chi connectivity index (χ1v) is 5.80. The van der Waals surface area contributed by atoms with Crippen LogP contribution in [0.4, 0.5) is 0 Å². The van der Waals surface area contributed by atoms with Gasteiger partial charge in [0.15, 0.2) is 0 Å². The average Bonchev–Trinajstić information content (AvgIpc) is 2.72. The van der Waals surface area contributed by atoms with Gasteiger partial charge in [0.2, 0.25) is 0 Å². The summed E-state index contributed by atoms with van der Waals surface area (Å²) in [5, 5.41) is 3.38. The van der Waals surface area contributed by atoms with Crippen LogP contribution in [0.1, 0.15) is 39.0 Å². The predicted octanol–water partition coefficient (Wildman–Crippen LogP) is 1.93. The molecule has 0 amide bonds. The van der Waals surface area contributed by atoms with E-state index in [1.54, 1.807) is 0 Å². The summed E-state index contributed by atoms with van der Waals surface area (Å²) in [5.74, 6) is 0.815. The molecule has 1 atom stereocenters. The zero-order valence-corrected chi connectivity index (χ0v) is 8.96. The Bertz CT molecular complexity index is 209. The molecule has 0 bridgehead atoms. The molecule has 1 N–H and O–H groups in total. The quantitative estimate of drug-likeness (QED) is 0.732. The fourth-order valence-electron chi connectivity index (χ4n) is 2.37. The van der Waals surface area contributed by atoms with Crippen LogP contribution < -0.4 is 5.32 Å². The van der Waals surface area contributed by atoms with Crippen molar-refractivity contribution < 1.29 is 4.74 Å². The maximum Gasteiger partial charge on any atom is 0.285 e. The van der Waals surface area contributed by atoms with E-state index in [0.29, 0.717) is 6.04 Å². The lowest BCUT2D eigenvalue weighted by atomic mass is 9.85. The number of rotatable bonds is 2. The second-order valence-corrected chi connectivity index (χ2v) is 4.37. The molecule has 0 aromatic heterocycles. The topological polar surface area (TPSA) is 33.6 Å². The smallest absolute Gasteiger partial charge is 0.285 e. The fourth-order valence-corrected chi connectivity index (χ4v) is 2.37. The molecule has 1 heterocycles. The molecule has 1 saturated carbocycles. The van der Waals surface area contributed by atoms with Crippen LogP contribution in [0.25, 0.3) is 0 Å². The third-order valence-corrected chi connectivity index (χ3v) is 3.29. The summed E-state index contributed by atoms with van der Waals surface area (Å²) in [7, 11) is 0. The number of amidine groups is 1. The van der Waals surface area contributed by atoms with Crippen molar-refractivity contribution in [2.24, 2.45) is 10.9 Å². The van der Waals surface area contributed by atoms with Crippen LogP contribution in [0.3, 0.4) is 0 Å². The Morgan fingerprint density at radius 1 is 1.36 bits per heavy atom. The molecular weight excluding hydrogens is 176 g/mol. The van der Waals surface area contributed by atoms with Gasteiger partial charge in [-0.05, 0) is 25.7 Å². The molecule has 3 heteroatoms. The van der Waals surface area contributed by atoms with Crippen molar-refractivity contribution >= 4 is 6.02 Å². The van der Waals surface area contributed by atoms with Gasteiger partial charge in [-0.3, -0.25) is 0 Å². The van der Waals surface area contributed by atoms with Crippen molar-refractivity contribution in [1.29, 1.82) is 0 Å². The average molecular weight is 196 g/mol. The van der Waals surface area contributed by atoms with Crippen molar-refractivity contribution in [3.63, 3.8) is 0 Å². The van der Waals surface area contributed by atoms with E-state index in [4.69, 9.17) is 4.74 Å². The van der Waals surface area contributed by atoms with Gasteiger partial charge < -0.3 is 10.1 Å². The van der Waals surface area contributed by atoms with Gasteiger partial charge in [-0.15, -0.1) is 0 Å². The Hall–Kier alpha value is -0.730. The van der Waals surface area contributed by atoms with Crippen LogP contribution >= 0.6 is 0 Å². The standard InChI is InChI=1S/C11H20N2O/c1-9(10-5-3-2-4-6-10)13-11-12-7-8-14-11/h9-10H,2-8H2,1H3,(H,12,13)/t9-/m1/s1. The maximum absolute atomic E-state index is 5.35. The molecular formula is C11H20N2O. The van der Waals surface area contributed by atoms with Gasteiger partial charge in [0, 0.05) is 6.04 Å². The van der Waals surface area contributed by atoms with E-state index in [9.17, 15) is 0 Å². The second kappa shape index (κ2) is 4.67. The highest BCUT2D eigenvalue weighted by Gasteiger charge is 2.21. The highest BCUT2D eigenvalue weighted by atomic mass is 16.5. The molecule has 14 heavy (non-hydrogen) atoms. The van der Waals surface area contributed by atoms with Crippen molar-refractivity contribution in [3.8, 4) is 0 Å². The van der Waals surface area contributed by atoms with Crippen molar-refractivity contribution in [2.45, 2.75) is 45.1 Å². The second-order valence-electron chi connectivity index (χ2n) is 4.37. The largest absolute Gasteiger partial charge is 0.463 e. The zero-order chi connectivity index (χ0) is 9.80. The molecule has 1 aliphatic heterocycles. The third kappa shape index (κ3) is 2.40. The molecule has 0 aromatic rings. The lowest BCUT2D eigenvalue weighted by Gasteiger charge is -2.28. The minimum atomic E-state index is 0.521. The summed E-state index contributed by atoms with van der Waals surface area (Å²) in [6.07, 6.45) is 6.93. The van der Waals surface area contributed by atoms with Gasteiger partial charge in [0.25, 0.3) is 6.02 Å². The Morgan fingerprint density at radius 3 is 2.79 bits per heavy atom. The van der Waals surface area contributed by atoms with Crippen LogP contribution in [-0.4, -0.2) is 25.2 Å². The van der Waals surface area contributed by atoms with Crippen LogP contribution in [-0.2, 0) is 4.74 Å². The first kappa shape index (κ1) is 9.81. The van der Waals surface area contributed by atoms with Gasteiger partial charge in [-0.2, -0.15) is 0 Å². The fraction of sp³-hybridized carbons (Fsp3) is 0.909. The lowest BCUT2D eigenvalue weighted by molar-refractivity contribution is 0.275. The molecule has 1 aliphatic carbocycles. The summed E-state index contributed by atoms with van der Waals surface area (Å²) < 4.78 is 5.35. The highest BCUT2D eigenvalue weighted by molar-refractivity contribution is 5.75. The van der Waals surface area contributed by atoms with Crippen molar-refractivity contribution in [2.75, 3.05) is 13.2 Å². The molecule has 0 aromatic carbocycles. The molecule has 0 radical (unpaired) electrons. The number of nitrogens with zero attached hydrogens (tertiary/aromatic N) is 1. The van der Waals surface area contributed by atoms with Crippen molar-refractivity contribution in [3.05, 3.63) is 0 Å². The number of hydrogen-bond donors (Lipinski definition) is 1. The van der Waals surface area contributed by atoms with Crippen LogP contribution in [0.5, 0.6) is 0 Å². The number of nitrogens with one attached hydrogen (secondary N) is 1. The molecule has 2 rings (SSSR count). The van der Waals surface area contributed by atoms with E-state index in [-0.39, 0.29) is 0 Å². The van der Waals surface area contributed by atoms with Crippen LogP contribution in [0.15, 0.2) is 4.99 Å². The van der Waals surface area contributed by atoms with E-state index >= 15 is 0 Å². The van der Waals surface area contributed by atoms with Gasteiger partial charge in [-0.1, -0.05) is 19.3 Å². The van der Waals surface area contributed by atoms with E-state index in [0.717, 1.165) is 25.1 Å². The van der Waals surface area contributed by atoms with Gasteiger partial charge in [-0.25, -0.2) is 4.99 Å². The van der Waals surface area contributed by atoms with Gasteiger partial charge in [0.1, 0.15) is 6.61 Å². The minimum absolute atomic E-state index is 0.521. The predicted molar refractivity (Wildman–Crippen MR) is 57.4 cm³/mol. The van der Waals surface area contributed by atoms with E-state index in [1.807, 2.05) is 0 Å². The third-order valence-electron chi connectivity index (χ3n) is 3.29. The Balaban J connectivity index is 1.78. The normalized spacial score (nSPS) is 25.4. The zero-order valence-electron chi connectivity index (χ0n) is 8.96. The first-order chi connectivity index (χ1) is 6.86. The maximum atomic E-state index is 5.35. The Labute approximate surface area is 85.9 Å². The van der Waals surface area contributed by atoms with E-state index in [2.05, 4.69) is 17.2 Å². The lowest BCUT2D eigenvalue weighted by Crippen LogP contribution is -2.39. The molecule has 1 fully saturated rings. The summed E-state index contributed by atoms with van der Waals surface area (Å²) in [6.45, 7) is 3.82. The summed E-state index contributed by atoms with van der Waals surface area (Å²) in [4.78, 5) is 4.25. The van der Waals surface area contributed by atoms with Gasteiger partial charge >= 0.3 is 0 Å². The minimum Gasteiger partial charge on any atom is -0.463 e. The number of ether oxygens (including phenoxy) is 1. The highest BCUT2D eigenvalue weighted by Crippen LogP contribution is 2.26. The van der Waals surface area contributed by atoms with E-state index in [1.165, 1.54) is 32.1 Å². The van der Waals surface area contributed by atoms with Crippen LogP contribution in [0, 0.1) is 5.92 Å². The monoisotopic (exact) mass is 196 g/mol. The summed E-state index contributed by atoms with van der Waals surface area (Å²) >= 11 is 0.